The molecule has 0 aliphatic rings. The first-order chi connectivity index (χ1) is 12.2. The van der Waals surface area contributed by atoms with Crippen LogP contribution in [0.15, 0.2) is 78.9 Å². The molecule has 0 unspecified atom stereocenters. The number of hydrogen-bond donors (Lipinski definition) is 2. The van der Waals surface area contributed by atoms with Gasteiger partial charge in [-0.05, 0) is 36.4 Å². The maximum absolute atomic E-state index is 12.2. The zero-order chi connectivity index (χ0) is 17.5. The van der Waals surface area contributed by atoms with Crippen molar-refractivity contribution < 1.29 is 9.53 Å². The van der Waals surface area contributed by atoms with Gasteiger partial charge in [0.25, 0.3) is 0 Å². The first kappa shape index (κ1) is 16.9. The van der Waals surface area contributed by atoms with Crippen molar-refractivity contribution in [2.75, 3.05) is 17.2 Å². The number of halogens is 1. The Balaban J connectivity index is 1.64. The molecule has 0 radical (unpaired) electrons. The molecule has 3 aromatic rings. The molecule has 2 N–H and O–H groups in total. The van der Waals surface area contributed by atoms with E-state index in [-0.39, 0.29) is 12.5 Å². The van der Waals surface area contributed by atoms with Gasteiger partial charge in [-0.1, -0.05) is 54.1 Å². The first-order valence-corrected chi connectivity index (χ1v) is 8.20. The molecule has 0 saturated heterocycles. The number of rotatable bonds is 6. The summed E-state index contributed by atoms with van der Waals surface area (Å²) >= 11 is 6.07. The molecule has 4 nitrogen and oxygen atoms in total. The highest BCUT2D eigenvalue weighted by Crippen LogP contribution is 2.29. The summed E-state index contributed by atoms with van der Waals surface area (Å²) in [5, 5.41) is 6.44. The molecule has 0 atom stereocenters. The van der Waals surface area contributed by atoms with Crippen molar-refractivity contribution in [3.05, 3.63) is 83.9 Å². The average Bonchev–Trinajstić information content (AvgIpc) is 2.64. The molecular formula is C20H17ClN2O2. The molecule has 0 aliphatic heterocycles. The summed E-state index contributed by atoms with van der Waals surface area (Å²) in [7, 11) is 0. The summed E-state index contributed by atoms with van der Waals surface area (Å²) in [4.78, 5) is 12.2. The van der Waals surface area contributed by atoms with Crippen LogP contribution in [-0.2, 0) is 4.79 Å². The van der Waals surface area contributed by atoms with Crippen LogP contribution in [0.5, 0.6) is 11.5 Å². The Hall–Kier alpha value is -2.98. The molecule has 0 fully saturated rings. The first-order valence-electron chi connectivity index (χ1n) is 7.82. The van der Waals surface area contributed by atoms with E-state index in [9.17, 15) is 4.79 Å². The van der Waals surface area contributed by atoms with Gasteiger partial charge in [0.15, 0.2) is 5.75 Å². The summed E-state index contributed by atoms with van der Waals surface area (Å²) in [6.45, 7) is 0.101. The van der Waals surface area contributed by atoms with Crippen LogP contribution in [-0.4, -0.2) is 12.5 Å². The van der Waals surface area contributed by atoms with Crippen LogP contribution < -0.4 is 15.4 Å². The average molecular weight is 353 g/mol. The van der Waals surface area contributed by atoms with Crippen molar-refractivity contribution in [1.82, 2.24) is 0 Å². The predicted octanol–water partition coefficient (Wildman–Crippen LogP) is 5.18. The summed E-state index contributed by atoms with van der Waals surface area (Å²) in [6.07, 6.45) is 0. The molecule has 5 heteroatoms. The van der Waals surface area contributed by atoms with Crippen LogP contribution in [0.2, 0.25) is 5.02 Å². The number of nitrogens with one attached hydrogen (secondary N) is 2. The number of ether oxygens (including phenoxy) is 1. The maximum atomic E-state index is 12.2. The fourth-order valence-corrected chi connectivity index (χ4v) is 2.45. The van der Waals surface area contributed by atoms with Gasteiger partial charge in [-0.3, -0.25) is 4.79 Å². The smallest absolute Gasteiger partial charge is 0.243 e. The van der Waals surface area contributed by atoms with Crippen molar-refractivity contribution >= 4 is 28.9 Å². The standard InChI is InChI=1S/C20H17ClN2O2/c21-16-10-4-5-11-17(16)22-14-20(24)23-18-12-6-7-13-19(18)25-15-8-2-1-3-9-15/h1-13,22H,14H2,(H,23,24). The zero-order valence-electron chi connectivity index (χ0n) is 13.4. The highest BCUT2D eigenvalue weighted by atomic mass is 35.5. The molecule has 0 bridgehead atoms. The zero-order valence-corrected chi connectivity index (χ0v) is 14.2. The molecule has 25 heavy (non-hydrogen) atoms. The lowest BCUT2D eigenvalue weighted by atomic mass is 10.2. The third kappa shape index (κ3) is 4.75. The lowest BCUT2D eigenvalue weighted by Crippen LogP contribution is -2.22. The minimum atomic E-state index is -0.191. The summed E-state index contributed by atoms with van der Waals surface area (Å²) in [5.74, 6) is 1.10. The highest BCUT2D eigenvalue weighted by molar-refractivity contribution is 6.33. The Morgan fingerprint density at radius 3 is 2.24 bits per heavy atom. The number of anilines is 2. The van der Waals surface area contributed by atoms with Crippen LogP contribution in [0.3, 0.4) is 0 Å². The van der Waals surface area contributed by atoms with Gasteiger partial charge in [0.05, 0.1) is 22.9 Å². The molecule has 0 aromatic heterocycles. The fraction of sp³-hybridized carbons (Fsp3) is 0.0500. The predicted molar refractivity (Wildman–Crippen MR) is 102 cm³/mol. The van der Waals surface area contributed by atoms with E-state index in [0.29, 0.717) is 27.9 Å². The third-order valence-corrected chi connectivity index (χ3v) is 3.78. The minimum absolute atomic E-state index is 0.101. The molecule has 3 aromatic carbocycles. The second kappa shape index (κ2) is 8.22. The summed E-state index contributed by atoms with van der Waals surface area (Å²) < 4.78 is 5.84. The summed E-state index contributed by atoms with van der Waals surface area (Å²) in [5.41, 5.74) is 1.32. The van der Waals surface area contributed by atoms with Gasteiger partial charge >= 0.3 is 0 Å². The molecule has 0 aliphatic carbocycles. The van der Waals surface area contributed by atoms with Crippen molar-refractivity contribution in [3.63, 3.8) is 0 Å². The van der Waals surface area contributed by atoms with Gasteiger partial charge in [-0.15, -0.1) is 0 Å². The highest BCUT2D eigenvalue weighted by Gasteiger charge is 2.09. The fourth-order valence-electron chi connectivity index (χ4n) is 2.25. The number of benzene rings is 3. The second-order valence-electron chi connectivity index (χ2n) is 5.29. The van der Waals surface area contributed by atoms with Crippen LogP contribution >= 0.6 is 11.6 Å². The van der Waals surface area contributed by atoms with Crippen LogP contribution in [0.25, 0.3) is 0 Å². The molecule has 0 spiro atoms. The molecule has 126 valence electrons. The Labute approximate surface area is 151 Å². The van der Waals surface area contributed by atoms with E-state index in [2.05, 4.69) is 10.6 Å². The molecular weight excluding hydrogens is 336 g/mol. The van der Waals surface area contributed by atoms with E-state index in [0.717, 1.165) is 0 Å². The van der Waals surface area contributed by atoms with E-state index in [4.69, 9.17) is 16.3 Å². The molecule has 3 rings (SSSR count). The number of carbonyl (C=O) groups is 1. The molecule has 1 amide bonds. The van der Waals surface area contributed by atoms with E-state index < -0.39 is 0 Å². The van der Waals surface area contributed by atoms with Crippen molar-refractivity contribution in [1.29, 1.82) is 0 Å². The largest absolute Gasteiger partial charge is 0.455 e. The number of para-hydroxylation sites is 4. The number of hydrogen-bond acceptors (Lipinski definition) is 3. The Morgan fingerprint density at radius 1 is 0.840 bits per heavy atom. The maximum Gasteiger partial charge on any atom is 0.243 e. The van der Waals surface area contributed by atoms with Crippen LogP contribution in [0, 0.1) is 0 Å². The van der Waals surface area contributed by atoms with E-state index >= 15 is 0 Å². The molecule has 0 heterocycles. The van der Waals surface area contributed by atoms with Gasteiger partial charge < -0.3 is 15.4 Å². The van der Waals surface area contributed by atoms with Crippen molar-refractivity contribution in [2.24, 2.45) is 0 Å². The van der Waals surface area contributed by atoms with Gasteiger partial charge in [0.1, 0.15) is 5.75 Å². The van der Waals surface area contributed by atoms with E-state index in [1.54, 1.807) is 12.1 Å². The van der Waals surface area contributed by atoms with Gasteiger partial charge in [0.2, 0.25) is 5.91 Å². The quantitative estimate of drug-likeness (QED) is 0.642. The monoisotopic (exact) mass is 352 g/mol. The SMILES string of the molecule is O=C(CNc1ccccc1Cl)Nc1ccccc1Oc1ccccc1. The van der Waals surface area contributed by atoms with Gasteiger partial charge in [-0.25, -0.2) is 0 Å². The normalized spacial score (nSPS) is 10.1. The second-order valence-corrected chi connectivity index (χ2v) is 5.70. The Morgan fingerprint density at radius 2 is 1.48 bits per heavy atom. The van der Waals surface area contributed by atoms with Crippen LogP contribution in [0.1, 0.15) is 0 Å². The lowest BCUT2D eigenvalue weighted by molar-refractivity contribution is -0.114. The Bertz CT molecular complexity index is 853. The van der Waals surface area contributed by atoms with E-state index in [1.807, 2.05) is 66.7 Å². The lowest BCUT2D eigenvalue weighted by Gasteiger charge is -2.13. The number of carbonyl (C=O) groups excluding carboxylic acids is 1. The van der Waals surface area contributed by atoms with E-state index in [1.165, 1.54) is 0 Å². The van der Waals surface area contributed by atoms with Gasteiger partial charge in [0, 0.05) is 0 Å². The minimum Gasteiger partial charge on any atom is -0.455 e. The molecule has 0 saturated carbocycles. The third-order valence-electron chi connectivity index (χ3n) is 3.45. The topological polar surface area (TPSA) is 50.4 Å². The summed E-state index contributed by atoms with van der Waals surface area (Å²) in [6, 6.07) is 24.0. The number of amides is 1. The van der Waals surface area contributed by atoms with Crippen molar-refractivity contribution in [2.45, 2.75) is 0 Å². The van der Waals surface area contributed by atoms with Crippen LogP contribution in [0.4, 0.5) is 11.4 Å². The van der Waals surface area contributed by atoms with Gasteiger partial charge in [-0.2, -0.15) is 0 Å². The Kier molecular flexibility index (Phi) is 5.54. The van der Waals surface area contributed by atoms with Crippen molar-refractivity contribution in [3.8, 4) is 11.5 Å².